The standard InChI is InChI=1S/C18H20N2O4S/c1-20(2)18(21)13-6-14-4-11-17(12-5-14)25(22,23)19-15-7-9-16(24-3)10-8-15/h4-13,19H,1-3H3/b13-6+. The summed E-state index contributed by atoms with van der Waals surface area (Å²) in [6.07, 6.45) is 3.06. The molecule has 0 saturated heterocycles. The van der Waals surface area contributed by atoms with Crippen molar-refractivity contribution in [3.8, 4) is 5.75 Å². The second kappa shape index (κ2) is 7.85. The zero-order chi connectivity index (χ0) is 18.4. The molecule has 0 saturated carbocycles. The molecule has 0 aliphatic heterocycles. The highest BCUT2D eigenvalue weighted by Gasteiger charge is 2.13. The van der Waals surface area contributed by atoms with Gasteiger partial charge in [0.1, 0.15) is 5.75 Å². The van der Waals surface area contributed by atoms with Crippen LogP contribution in [0.25, 0.3) is 6.08 Å². The molecule has 0 unspecified atom stereocenters. The Morgan fingerprint density at radius 3 is 2.16 bits per heavy atom. The van der Waals surface area contributed by atoms with E-state index in [2.05, 4.69) is 4.72 Å². The topological polar surface area (TPSA) is 75.7 Å². The van der Waals surface area contributed by atoms with Crippen molar-refractivity contribution in [2.24, 2.45) is 0 Å². The molecule has 0 aliphatic carbocycles. The van der Waals surface area contributed by atoms with E-state index in [4.69, 9.17) is 4.74 Å². The summed E-state index contributed by atoms with van der Waals surface area (Å²) in [6, 6.07) is 12.9. The molecule has 25 heavy (non-hydrogen) atoms. The highest BCUT2D eigenvalue weighted by atomic mass is 32.2. The highest BCUT2D eigenvalue weighted by molar-refractivity contribution is 7.92. The van der Waals surface area contributed by atoms with Crippen LogP contribution in [-0.4, -0.2) is 40.4 Å². The second-order valence-corrected chi connectivity index (χ2v) is 7.15. The number of anilines is 1. The fourth-order valence-corrected chi connectivity index (χ4v) is 3.01. The molecule has 2 aromatic rings. The minimum absolute atomic E-state index is 0.138. The molecule has 0 bridgehead atoms. The smallest absolute Gasteiger partial charge is 0.261 e. The Labute approximate surface area is 147 Å². The molecule has 0 aromatic heterocycles. The molecule has 1 amide bonds. The van der Waals surface area contributed by atoms with Gasteiger partial charge in [0.25, 0.3) is 10.0 Å². The lowest BCUT2D eigenvalue weighted by atomic mass is 10.2. The molecule has 7 heteroatoms. The maximum atomic E-state index is 12.4. The Balaban J connectivity index is 2.12. The molecule has 6 nitrogen and oxygen atoms in total. The van der Waals surface area contributed by atoms with Crippen LogP contribution in [0.4, 0.5) is 5.69 Å². The maximum Gasteiger partial charge on any atom is 0.261 e. The fourth-order valence-electron chi connectivity index (χ4n) is 1.95. The number of ether oxygens (including phenoxy) is 1. The molecular formula is C18H20N2O4S. The van der Waals surface area contributed by atoms with Crippen LogP contribution in [0.3, 0.4) is 0 Å². The Morgan fingerprint density at radius 2 is 1.64 bits per heavy atom. The number of amides is 1. The van der Waals surface area contributed by atoms with Gasteiger partial charge in [-0.25, -0.2) is 8.42 Å². The van der Waals surface area contributed by atoms with E-state index < -0.39 is 10.0 Å². The van der Waals surface area contributed by atoms with Crippen molar-refractivity contribution < 1.29 is 17.9 Å². The zero-order valence-corrected chi connectivity index (χ0v) is 15.1. The van der Waals surface area contributed by atoms with Crippen molar-refractivity contribution in [3.05, 3.63) is 60.2 Å². The molecule has 1 N–H and O–H groups in total. The summed E-state index contributed by atoms with van der Waals surface area (Å²) in [6.45, 7) is 0. The van der Waals surface area contributed by atoms with Crippen LogP contribution >= 0.6 is 0 Å². The first-order valence-corrected chi connectivity index (χ1v) is 8.96. The van der Waals surface area contributed by atoms with Gasteiger partial charge in [-0.1, -0.05) is 12.1 Å². The Kier molecular flexibility index (Phi) is 5.82. The lowest BCUT2D eigenvalue weighted by Gasteiger charge is -2.09. The van der Waals surface area contributed by atoms with Crippen LogP contribution in [0, 0.1) is 0 Å². The van der Waals surface area contributed by atoms with Crippen molar-refractivity contribution in [3.63, 3.8) is 0 Å². The number of nitrogens with one attached hydrogen (secondary N) is 1. The molecule has 2 aromatic carbocycles. The van der Waals surface area contributed by atoms with Crippen LogP contribution in [0.1, 0.15) is 5.56 Å². The average Bonchev–Trinajstić information content (AvgIpc) is 2.60. The molecule has 0 radical (unpaired) electrons. The zero-order valence-electron chi connectivity index (χ0n) is 14.3. The first kappa shape index (κ1) is 18.5. The number of likely N-dealkylation sites (N-methyl/N-ethyl adjacent to an activating group) is 1. The van der Waals surface area contributed by atoms with Gasteiger partial charge in [0.2, 0.25) is 5.91 Å². The SMILES string of the molecule is COc1ccc(NS(=O)(=O)c2ccc(/C=C/C(=O)N(C)C)cc2)cc1. The van der Waals surface area contributed by atoms with Gasteiger partial charge in [0, 0.05) is 25.9 Å². The predicted molar refractivity (Wildman–Crippen MR) is 98.0 cm³/mol. The molecule has 0 aliphatic rings. The normalized spacial score (nSPS) is 11.3. The average molecular weight is 360 g/mol. The molecule has 132 valence electrons. The van der Waals surface area contributed by atoms with E-state index in [1.54, 1.807) is 63.7 Å². The van der Waals surface area contributed by atoms with Crippen LogP contribution < -0.4 is 9.46 Å². The van der Waals surface area contributed by atoms with Crippen molar-refractivity contribution in [1.29, 1.82) is 0 Å². The van der Waals surface area contributed by atoms with Gasteiger partial charge in [-0.3, -0.25) is 9.52 Å². The number of benzene rings is 2. The van der Waals surface area contributed by atoms with E-state index in [1.165, 1.54) is 23.1 Å². The van der Waals surface area contributed by atoms with Crippen molar-refractivity contribution in [2.45, 2.75) is 4.90 Å². The number of methoxy groups -OCH3 is 1. The summed E-state index contributed by atoms with van der Waals surface area (Å²) in [5, 5.41) is 0. The van der Waals surface area contributed by atoms with Crippen LogP contribution in [-0.2, 0) is 14.8 Å². The molecule has 0 atom stereocenters. The molecule has 0 spiro atoms. The Bertz CT molecular complexity index is 855. The summed E-state index contributed by atoms with van der Waals surface area (Å²) in [7, 11) is 1.18. The summed E-state index contributed by atoms with van der Waals surface area (Å²) in [5.41, 5.74) is 1.18. The number of nitrogens with zero attached hydrogens (tertiary/aromatic N) is 1. The van der Waals surface area contributed by atoms with Gasteiger partial charge < -0.3 is 9.64 Å². The first-order chi connectivity index (χ1) is 11.8. The van der Waals surface area contributed by atoms with E-state index in [-0.39, 0.29) is 10.8 Å². The number of hydrogen-bond donors (Lipinski definition) is 1. The van der Waals surface area contributed by atoms with Crippen molar-refractivity contribution >= 4 is 27.7 Å². The second-order valence-electron chi connectivity index (χ2n) is 5.47. The van der Waals surface area contributed by atoms with Gasteiger partial charge in [0.05, 0.1) is 12.0 Å². The molecule has 0 fully saturated rings. The minimum atomic E-state index is -3.68. The third kappa shape index (κ3) is 5.09. The highest BCUT2D eigenvalue weighted by Crippen LogP contribution is 2.19. The Morgan fingerprint density at radius 1 is 1.04 bits per heavy atom. The van der Waals surface area contributed by atoms with Crippen LogP contribution in [0.15, 0.2) is 59.5 Å². The molecule has 2 rings (SSSR count). The summed E-state index contributed by atoms with van der Waals surface area (Å²) in [5.74, 6) is 0.504. The quantitative estimate of drug-likeness (QED) is 0.804. The number of rotatable bonds is 6. The van der Waals surface area contributed by atoms with Crippen molar-refractivity contribution in [1.82, 2.24) is 4.90 Å². The fraction of sp³-hybridized carbons (Fsp3) is 0.167. The Hall–Kier alpha value is -2.80. The minimum Gasteiger partial charge on any atom is -0.497 e. The van der Waals surface area contributed by atoms with E-state index in [1.807, 2.05) is 0 Å². The number of hydrogen-bond acceptors (Lipinski definition) is 4. The van der Waals surface area contributed by atoms with Crippen LogP contribution in [0.2, 0.25) is 0 Å². The largest absolute Gasteiger partial charge is 0.497 e. The lowest BCUT2D eigenvalue weighted by Crippen LogP contribution is -2.18. The third-order valence-electron chi connectivity index (χ3n) is 3.39. The number of sulfonamides is 1. The number of carbonyl (C=O) groups is 1. The van der Waals surface area contributed by atoms with E-state index in [0.717, 1.165) is 5.56 Å². The number of carbonyl (C=O) groups excluding carboxylic acids is 1. The van der Waals surface area contributed by atoms with Gasteiger partial charge >= 0.3 is 0 Å². The van der Waals surface area contributed by atoms with E-state index in [9.17, 15) is 13.2 Å². The first-order valence-electron chi connectivity index (χ1n) is 7.48. The lowest BCUT2D eigenvalue weighted by molar-refractivity contribution is -0.123. The van der Waals surface area contributed by atoms with Gasteiger partial charge in [-0.15, -0.1) is 0 Å². The third-order valence-corrected chi connectivity index (χ3v) is 4.79. The summed E-state index contributed by atoms with van der Waals surface area (Å²) < 4.78 is 32.4. The predicted octanol–water partition coefficient (Wildman–Crippen LogP) is 2.60. The van der Waals surface area contributed by atoms with Gasteiger partial charge in [-0.2, -0.15) is 0 Å². The maximum absolute atomic E-state index is 12.4. The van der Waals surface area contributed by atoms with Crippen molar-refractivity contribution in [2.75, 3.05) is 25.9 Å². The van der Waals surface area contributed by atoms with E-state index in [0.29, 0.717) is 11.4 Å². The van der Waals surface area contributed by atoms with E-state index >= 15 is 0 Å². The van der Waals surface area contributed by atoms with Gasteiger partial charge in [-0.05, 0) is 48.0 Å². The van der Waals surface area contributed by atoms with Crippen LogP contribution in [0.5, 0.6) is 5.75 Å². The monoisotopic (exact) mass is 360 g/mol. The van der Waals surface area contributed by atoms with Gasteiger partial charge in [0.15, 0.2) is 0 Å². The molecule has 0 heterocycles. The summed E-state index contributed by atoms with van der Waals surface area (Å²) in [4.78, 5) is 13.1. The summed E-state index contributed by atoms with van der Waals surface area (Å²) >= 11 is 0. The molecular weight excluding hydrogens is 340 g/mol.